The van der Waals surface area contributed by atoms with Crippen molar-refractivity contribution in [1.29, 1.82) is 0 Å². The van der Waals surface area contributed by atoms with Gasteiger partial charge in [-0.25, -0.2) is 0 Å². The Hall–Kier alpha value is -3.73. The summed E-state index contributed by atoms with van der Waals surface area (Å²) in [5.74, 6) is 2.17. The molecule has 0 saturated carbocycles. The van der Waals surface area contributed by atoms with Crippen LogP contribution in [0.2, 0.25) is 0 Å². The van der Waals surface area contributed by atoms with Crippen molar-refractivity contribution in [2.75, 3.05) is 14.2 Å². The van der Waals surface area contributed by atoms with Gasteiger partial charge in [-0.05, 0) is 36.4 Å². The minimum atomic E-state index is -0.182. The molecule has 0 aliphatic rings. The number of carbonyl (C=O) groups is 1. The first-order valence-corrected chi connectivity index (χ1v) is 8.70. The Morgan fingerprint density at radius 1 is 0.714 bits per heavy atom. The maximum absolute atomic E-state index is 13.3. The maximum atomic E-state index is 13.3. The first kappa shape index (κ1) is 17.7. The van der Waals surface area contributed by atoms with E-state index in [0.29, 0.717) is 34.1 Å². The van der Waals surface area contributed by atoms with Gasteiger partial charge in [-0.15, -0.1) is 0 Å². The summed E-state index contributed by atoms with van der Waals surface area (Å²) in [6.07, 6.45) is 3.01. The van der Waals surface area contributed by atoms with E-state index >= 15 is 0 Å². The van der Waals surface area contributed by atoms with Gasteiger partial charge in [0.15, 0.2) is 0 Å². The second-order valence-electron chi connectivity index (χ2n) is 6.12. The van der Waals surface area contributed by atoms with Gasteiger partial charge in [0.2, 0.25) is 5.78 Å². The molecule has 0 saturated heterocycles. The van der Waals surface area contributed by atoms with Crippen LogP contribution >= 0.6 is 0 Å². The number of ether oxygens (including phenoxy) is 2. The van der Waals surface area contributed by atoms with Gasteiger partial charge in [0.05, 0.1) is 37.9 Å². The average molecular weight is 374 g/mol. The molecule has 0 spiro atoms. The lowest BCUT2D eigenvalue weighted by molar-refractivity contribution is 0.103. The third-order valence-electron chi connectivity index (χ3n) is 4.48. The highest BCUT2D eigenvalue weighted by Crippen LogP contribution is 2.33. The third-order valence-corrected chi connectivity index (χ3v) is 4.48. The van der Waals surface area contributed by atoms with Gasteiger partial charge in [0.25, 0.3) is 0 Å². The summed E-state index contributed by atoms with van der Waals surface area (Å²) >= 11 is 0. The predicted molar refractivity (Wildman–Crippen MR) is 105 cm³/mol. The summed E-state index contributed by atoms with van der Waals surface area (Å²) in [6.45, 7) is 0. The lowest BCUT2D eigenvalue weighted by Gasteiger charge is -2.06. The molecule has 5 nitrogen and oxygen atoms in total. The molecule has 2 aromatic carbocycles. The Bertz CT molecular complexity index is 1030. The molecule has 2 aromatic heterocycles. The van der Waals surface area contributed by atoms with Gasteiger partial charge in [-0.2, -0.15) is 0 Å². The molecule has 5 heteroatoms. The normalized spacial score (nSPS) is 10.6. The number of hydrogen-bond donors (Lipinski definition) is 0. The largest absolute Gasteiger partial charge is 0.497 e. The predicted octanol–water partition coefficient (Wildman–Crippen LogP) is 5.45. The van der Waals surface area contributed by atoms with Gasteiger partial charge in [-0.3, -0.25) is 4.79 Å². The van der Waals surface area contributed by atoms with E-state index in [1.807, 2.05) is 48.5 Å². The minimum Gasteiger partial charge on any atom is -0.497 e. The highest BCUT2D eigenvalue weighted by Gasteiger charge is 2.23. The SMILES string of the molecule is COc1cccc(-c2occc2C(=O)c2ccoc2-c2cccc(OC)c2)c1. The Morgan fingerprint density at radius 3 is 1.61 bits per heavy atom. The van der Waals surface area contributed by atoms with Crippen molar-refractivity contribution in [3.8, 4) is 34.1 Å². The van der Waals surface area contributed by atoms with Crippen LogP contribution in [-0.2, 0) is 0 Å². The molecule has 0 aliphatic heterocycles. The van der Waals surface area contributed by atoms with Crippen molar-refractivity contribution in [2.24, 2.45) is 0 Å². The Labute approximate surface area is 162 Å². The van der Waals surface area contributed by atoms with E-state index in [1.54, 1.807) is 26.4 Å². The van der Waals surface area contributed by atoms with Crippen molar-refractivity contribution in [3.63, 3.8) is 0 Å². The van der Waals surface area contributed by atoms with E-state index in [1.165, 1.54) is 12.5 Å². The lowest BCUT2D eigenvalue weighted by Crippen LogP contribution is -2.02. The third kappa shape index (κ3) is 3.18. The fourth-order valence-corrected chi connectivity index (χ4v) is 3.10. The van der Waals surface area contributed by atoms with Gasteiger partial charge < -0.3 is 18.3 Å². The van der Waals surface area contributed by atoms with Crippen molar-refractivity contribution < 1.29 is 23.1 Å². The van der Waals surface area contributed by atoms with Crippen molar-refractivity contribution in [1.82, 2.24) is 0 Å². The van der Waals surface area contributed by atoms with E-state index in [-0.39, 0.29) is 5.78 Å². The van der Waals surface area contributed by atoms with Crippen LogP contribution in [0, 0.1) is 0 Å². The summed E-state index contributed by atoms with van der Waals surface area (Å²) in [6, 6.07) is 18.1. The van der Waals surface area contributed by atoms with Crippen LogP contribution in [0.3, 0.4) is 0 Å². The summed E-state index contributed by atoms with van der Waals surface area (Å²) in [5.41, 5.74) is 2.44. The first-order valence-electron chi connectivity index (χ1n) is 8.70. The van der Waals surface area contributed by atoms with Crippen molar-refractivity contribution in [3.05, 3.63) is 84.3 Å². The van der Waals surface area contributed by atoms with Crippen molar-refractivity contribution in [2.45, 2.75) is 0 Å². The second kappa shape index (κ2) is 7.48. The molecular formula is C23H18O5. The van der Waals surface area contributed by atoms with Crippen LogP contribution in [0.1, 0.15) is 15.9 Å². The highest BCUT2D eigenvalue weighted by atomic mass is 16.5. The molecule has 4 aromatic rings. The van der Waals surface area contributed by atoms with E-state index in [4.69, 9.17) is 18.3 Å². The fourth-order valence-electron chi connectivity index (χ4n) is 3.10. The first-order chi connectivity index (χ1) is 13.7. The smallest absolute Gasteiger partial charge is 0.200 e. The zero-order chi connectivity index (χ0) is 19.5. The number of carbonyl (C=O) groups excluding carboxylic acids is 1. The molecule has 0 amide bonds. The van der Waals surface area contributed by atoms with Crippen LogP contribution in [0.5, 0.6) is 11.5 Å². The summed E-state index contributed by atoms with van der Waals surface area (Å²) in [4.78, 5) is 13.3. The van der Waals surface area contributed by atoms with E-state index in [9.17, 15) is 4.79 Å². The zero-order valence-electron chi connectivity index (χ0n) is 15.5. The molecule has 0 bridgehead atoms. The number of benzene rings is 2. The molecule has 0 atom stereocenters. The zero-order valence-corrected chi connectivity index (χ0v) is 15.5. The number of ketones is 1. The number of methoxy groups -OCH3 is 2. The molecule has 4 rings (SSSR count). The van der Waals surface area contributed by atoms with Crippen LogP contribution in [0.25, 0.3) is 22.6 Å². The molecule has 2 heterocycles. The van der Waals surface area contributed by atoms with Gasteiger partial charge >= 0.3 is 0 Å². The number of hydrogen-bond acceptors (Lipinski definition) is 5. The van der Waals surface area contributed by atoms with E-state index in [0.717, 1.165) is 11.1 Å². The van der Waals surface area contributed by atoms with E-state index in [2.05, 4.69) is 0 Å². The highest BCUT2D eigenvalue weighted by molar-refractivity contribution is 6.14. The summed E-state index contributed by atoms with van der Waals surface area (Å²) in [7, 11) is 3.19. The molecule has 0 aliphatic carbocycles. The molecular weight excluding hydrogens is 356 g/mol. The molecule has 0 N–H and O–H groups in total. The number of furan rings is 2. The van der Waals surface area contributed by atoms with Gasteiger partial charge in [-0.1, -0.05) is 24.3 Å². The molecule has 28 heavy (non-hydrogen) atoms. The Balaban J connectivity index is 1.75. The molecule has 140 valence electrons. The van der Waals surface area contributed by atoms with Gasteiger partial charge in [0.1, 0.15) is 23.0 Å². The second-order valence-corrected chi connectivity index (χ2v) is 6.12. The fraction of sp³-hybridized carbons (Fsp3) is 0.0870. The van der Waals surface area contributed by atoms with Crippen LogP contribution in [0.15, 0.2) is 82.0 Å². The lowest BCUT2D eigenvalue weighted by atomic mass is 9.98. The van der Waals surface area contributed by atoms with E-state index < -0.39 is 0 Å². The van der Waals surface area contributed by atoms with Crippen LogP contribution in [0.4, 0.5) is 0 Å². The molecule has 0 fully saturated rings. The molecule has 0 radical (unpaired) electrons. The molecule has 0 unspecified atom stereocenters. The van der Waals surface area contributed by atoms with Gasteiger partial charge in [0, 0.05) is 11.1 Å². The quantitative estimate of drug-likeness (QED) is 0.420. The number of rotatable bonds is 6. The van der Waals surface area contributed by atoms with Crippen LogP contribution < -0.4 is 9.47 Å². The Kier molecular flexibility index (Phi) is 4.72. The minimum absolute atomic E-state index is 0.182. The Morgan fingerprint density at radius 2 is 1.18 bits per heavy atom. The average Bonchev–Trinajstić information content (AvgIpc) is 3.43. The van der Waals surface area contributed by atoms with Crippen LogP contribution in [-0.4, -0.2) is 20.0 Å². The standard InChI is InChI=1S/C23H18O5/c1-25-17-7-3-5-15(13-17)22-19(9-11-27-22)21(24)20-10-12-28-23(20)16-6-4-8-18(14-16)26-2/h3-14H,1-2H3. The maximum Gasteiger partial charge on any atom is 0.200 e. The van der Waals surface area contributed by atoms with Crippen molar-refractivity contribution >= 4 is 5.78 Å². The monoisotopic (exact) mass is 374 g/mol. The summed E-state index contributed by atoms with van der Waals surface area (Å²) in [5, 5.41) is 0. The topological polar surface area (TPSA) is 61.8 Å². The summed E-state index contributed by atoms with van der Waals surface area (Å²) < 4.78 is 21.8.